The van der Waals surface area contributed by atoms with E-state index in [9.17, 15) is 4.79 Å². The predicted octanol–water partition coefficient (Wildman–Crippen LogP) is 2.56. The molecule has 0 unspecified atom stereocenters. The van der Waals surface area contributed by atoms with E-state index >= 15 is 0 Å². The van der Waals surface area contributed by atoms with Crippen LogP contribution in [0.2, 0.25) is 0 Å². The van der Waals surface area contributed by atoms with Crippen LogP contribution in [0, 0.1) is 5.92 Å². The van der Waals surface area contributed by atoms with Crippen molar-refractivity contribution in [3.05, 3.63) is 30.3 Å². The zero-order valence-electron chi connectivity index (χ0n) is 10.9. The summed E-state index contributed by atoms with van der Waals surface area (Å²) in [6, 6.07) is 9.60. The minimum atomic E-state index is -0.385. The normalized spacial score (nSPS) is 22.5. The van der Waals surface area contributed by atoms with Gasteiger partial charge in [-0.2, -0.15) is 0 Å². The molecule has 1 aliphatic carbocycles. The molecule has 1 aliphatic heterocycles. The molecule has 1 heterocycles. The van der Waals surface area contributed by atoms with Crippen LogP contribution in [-0.2, 0) is 14.3 Å². The van der Waals surface area contributed by atoms with Crippen molar-refractivity contribution in [3.63, 3.8) is 0 Å². The summed E-state index contributed by atoms with van der Waals surface area (Å²) >= 11 is 0. The number of para-hydroxylation sites is 1. The SMILES string of the molecule is O=C(Nc1ccccc1)C1CCC2(CC1)OCCO2. The van der Waals surface area contributed by atoms with Gasteiger partial charge in [0.15, 0.2) is 5.79 Å². The highest BCUT2D eigenvalue weighted by atomic mass is 16.7. The standard InChI is InChI=1S/C15H19NO3/c17-14(16-13-4-2-1-3-5-13)12-6-8-15(9-7-12)18-10-11-19-15/h1-5,12H,6-11H2,(H,16,17). The summed E-state index contributed by atoms with van der Waals surface area (Å²) in [4.78, 5) is 12.2. The van der Waals surface area contributed by atoms with Gasteiger partial charge in [-0.1, -0.05) is 18.2 Å². The molecule has 1 spiro atoms. The first-order chi connectivity index (χ1) is 9.27. The Morgan fingerprint density at radius 3 is 2.37 bits per heavy atom. The van der Waals surface area contributed by atoms with Gasteiger partial charge in [-0.05, 0) is 25.0 Å². The summed E-state index contributed by atoms with van der Waals surface area (Å²) in [6.45, 7) is 1.36. The van der Waals surface area contributed by atoms with Crippen LogP contribution in [-0.4, -0.2) is 24.9 Å². The fraction of sp³-hybridized carbons (Fsp3) is 0.533. The third-order valence-electron chi connectivity index (χ3n) is 3.97. The largest absolute Gasteiger partial charge is 0.348 e. The maximum absolute atomic E-state index is 12.2. The van der Waals surface area contributed by atoms with E-state index in [4.69, 9.17) is 9.47 Å². The lowest BCUT2D eigenvalue weighted by Gasteiger charge is -2.34. The Labute approximate surface area is 113 Å². The number of nitrogens with one attached hydrogen (secondary N) is 1. The molecule has 0 radical (unpaired) electrons. The number of carbonyl (C=O) groups excluding carboxylic acids is 1. The van der Waals surface area contributed by atoms with E-state index < -0.39 is 0 Å². The molecule has 102 valence electrons. The molecule has 1 amide bonds. The molecular weight excluding hydrogens is 242 g/mol. The van der Waals surface area contributed by atoms with Crippen LogP contribution in [0.1, 0.15) is 25.7 Å². The van der Waals surface area contributed by atoms with Crippen molar-refractivity contribution in [2.75, 3.05) is 18.5 Å². The highest BCUT2D eigenvalue weighted by Gasteiger charge is 2.41. The summed E-state index contributed by atoms with van der Waals surface area (Å²) in [5, 5.41) is 2.97. The van der Waals surface area contributed by atoms with Crippen LogP contribution in [0.5, 0.6) is 0 Å². The summed E-state index contributed by atoms with van der Waals surface area (Å²) in [5.74, 6) is -0.207. The van der Waals surface area contributed by atoms with Gasteiger partial charge < -0.3 is 14.8 Å². The fourth-order valence-corrected chi connectivity index (χ4v) is 2.87. The number of rotatable bonds is 2. The fourth-order valence-electron chi connectivity index (χ4n) is 2.87. The Morgan fingerprint density at radius 2 is 1.74 bits per heavy atom. The number of anilines is 1. The van der Waals surface area contributed by atoms with Crippen LogP contribution in [0.3, 0.4) is 0 Å². The van der Waals surface area contributed by atoms with Gasteiger partial charge in [-0.25, -0.2) is 0 Å². The lowest BCUT2D eigenvalue weighted by atomic mass is 9.84. The van der Waals surface area contributed by atoms with E-state index in [1.807, 2.05) is 30.3 Å². The van der Waals surface area contributed by atoms with Gasteiger partial charge in [0.2, 0.25) is 5.91 Å². The molecule has 0 atom stereocenters. The van der Waals surface area contributed by atoms with Gasteiger partial charge in [-0.3, -0.25) is 4.79 Å². The Morgan fingerprint density at radius 1 is 1.11 bits per heavy atom. The van der Waals surface area contributed by atoms with E-state index in [0.717, 1.165) is 31.4 Å². The van der Waals surface area contributed by atoms with Crippen molar-refractivity contribution in [2.24, 2.45) is 5.92 Å². The van der Waals surface area contributed by atoms with E-state index in [1.54, 1.807) is 0 Å². The molecule has 4 heteroatoms. The van der Waals surface area contributed by atoms with Crippen LogP contribution in [0.15, 0.2) is 30.3 Å². The van der Waals surface area contributed by atoms with Crippen molar-refractivity contribution < 1.29 is 14.3 Å². The smallest absolute Gasteiger partial charge is 0.227 e. The number of carbonyl (C=O) groups is 1. The minimum absolute atomic E-state index is 0.0682. The van der Waals surface area contributed by atoms with Gasteiger partial charge in [0.1, 0.15) is 0 Å². The van der Waals surface area contributed by atoms with Crippen molar-refractivity contribution >= 4 is 11.6 Å². The van der Waals surface area contributed by atoms with E-state index in [2.05, 4.69) is 5.32 Å². The molecule has 1 aromatic carbocycles. The Kier molecular flexibility index (Phi) is 3.53. The molecule has 3 rings (SSSR count). The molecule has 1 saturated carbocycles. The van der Waals surface area contributed by atoms with Gasteiger partial charge in [0.05, 0.1) is 13.2 Å². The molecule has 2 aliphatic rings. The summed E-state index contributed by atoms with van der Waals surface area (Å²) < 4.78 is 11.3. The average Bonchev–Trinajstić information content (AvgIpc) is 2.89. The second kappa shape index (κ2) is 5.31. The summed E-state index contributed by atoms with van der Waals surface area (Å²) in [6.07, 6.45) is 3.30. The molecule has 1 aromatic rings. The second-order valence-electron chi connectivity index (χ2n) is 5.24. The highest BCUT2D eigenvalue weighted by molar-refractivity contribution is 5.92. The summed E-state index contributed by atoms with van der Waals surface area (Å²) in [5.41, 5.74) is 0.862. The minimum Gasteiger partial charge on any atom is -0.348 e. The maximum atomic E-state index is 12.2. The molecular formula is C15H19NO3. The van der Waals surface area contributed by atoms with Gasteiger partial charge in [-0.15, -0.1) is 0 Å². The number of amides is 1. The van der Waals surface area contributed by atoms with Crippen molar-refractivity contribution in [2.45, 2.75) is 31.5 Å². The van der Waals surface area contributed by atoms with E-state index in [0.29, 0.717) is 13.2 Å². The van der Waals surface area contributed by atoms with Crippen molar-refractivity contribution in [1.82, 2.24) is 0 Å². The van der Waals surface area contributed by atoms with Gasteiger partial charge >= 0.3 is 0 Å². The zero-order chi connectivity index (χ0) is 13.1. The molecule has 4 nitrogen and oxygen atoms in total. The first-order valence-corrected chi connectivity index (χ1v) is 6.91. The van der Waals surface area contributed by atoms with Gasteiger partial charge in [0, 0.05) is 24.4 Å². The Balaban J connectivity index is 1.55. The molecule has 0 bridgehead atoms. The number of hydrogen-bond donors (Lipinski definition) is 1. The van der Waals surface area contributed by atoms with Gasteiger partial charge in [0.25, 0.3) is 0 Å². The monoisotopic (exact) mass is 261 g/mol. The summed E-state index contributed by atoms with van der Waals surface area (Å²) in [7, 11) is 0. The topological polar surface area (TPSA) is 47.6 Å². The van der Waals surface area contributed by atoms with E-state index in [-0.39, 0.29) is 17.6 Å². The number of ether oxygens (including phenoxy) is 2. The van der Waals surface area contributed by atoms with Crippen LogP contribution >= 0.6 is 0 Å². The highest BCUT2D eigenvalue weighted by Crippen LogP contribution is 2.38. The first-order valence-electron chi connectivity index (χ1n) is 6.91. The quantitative estimate of drug-likeness (QED) is 0.890. The maximum Gasteiger partial charge on any atom is 0.227 e. The van der Waals surface area contributed by atoms with Crippen LogP contribution in [0.4, 0.5) is 5.69 Å². The first kappa shape index (κ1) is 12.6. The molecule has 0 aromatic heterocycles. The Bertz CT molecular complexity index is 430. The lowest BCUT2D eigenvalue weighted by Crippen LogP contribution is -2.38. The zero-order valence-corrected chi connectivity index (χ0v) is 10.9. The van der Waals surface area contributed by atoms with Crippen LogP contribution in [0.25, 0.3) is 0 Å². The van der Waals surface area contributed by atoms with Crippen molar-refractivity contribution in [3.8, 4) is 0 Å². The molecule has 1 saturated heterocycles. The predicted molar refractivity (Wildman–Crippen MR) is 71.7 cm³/mol. The number of benzene rings is 1. The van der Waals surface area contributed by atoms with Crippen LogP contribution < -0.4 is 5.32 Å². The Hall–Kier alpha value is -1.39. The van der Waals surface area contributed by atoms with E-state index in [1.165, 1.54) is 0 Å². The third-order valence-corrected chi connectivity index (χ3v) is 3.97. The molecule has 1 N–H and O–H groups in total. The third kappa shape index (κ3) is 2.80. The van der Waals surface area contributed by atoms with Crippen molar-refractivity contribution in [1.29, 1.82) is 0 Å². The molecule has 2 fully saturated rings. The number of hydrogen-bond acceptors (Lipinski definition) is 3. The molecule has 19 heavy (non-hydrogen) atoms. The average molecular weight is 261 g/mol. The second-order valence-corrected chi connectivity index (χ2v) is 5.24. The lowest BCUT2D eigenvalue weighted by molar-refractivity contribution is -0.182.